The van der Waals surface area contributed by atoms with Crippen molar-refractivity contribution in [2.75, 3.05) is 112 Å². The molecule has 7 atom stereocenters. The average molecular weight is 1530 g/mol. The van der Waals surface area contributed by atoms with Gasteiger partial charge < -0.3 is 101 Å². The van der Waals surface area contributed by atoms with Crippen LogP contribution in [0.15, 0.2) is 91.0 Å². The molecule has 4 heterocycles. The van der Waals surface area contributed by atoms with Crippen LogP contribution in [0.5, 0.6) is 23.0 Å². The van der Waals surface area contributed by atoms with Gasteiger partial charge >= 0.3 is 17.9 Å². The molecule has 13 N–H and O–H groups in total. The molecule has 0 spiro atoms. The molecule has 572 valence electrons. The van der Waals surface area contributed by atoms with Gasteiger partial charge in [0.1, 0.15) is 31.3 Å². The predicted molar refractivity (Wildman–Crippen MR) is 396 cm³/mol. The number of methoxy groups -OCH3 is 3. The number of carboxylic acid groups (broad SMARTS) is 3. The molecule has 0 aliphatic carbocycles. The summed E-state index contributed by atoms with van der Waals surface area (Å²) < 4.78 is 78.3. The minimum Gasteiger partial charge on any atom is -0.493 e. The molecule has 0 radical (unpaired) electrons. The van der Waals surface area contributed by atoms with Crippen molar-refractivity contribution in [1.82, 2.24) is 21.3 Å². The number of fused-ring (bicyclic) bond motifs is 8. The molecule has 5 aromatic rings. The molecule has 0 fully saturated rings. The van der Waals surface area contributed by atoms with E-state index in [1.54, 1.807) is 43.5 Å². The van der Waals surface area contributed by atoms with Gasteiger partial charge in [0.2, 0.25) is 17.7 Å². The zero-order chi connectivity index (χ0) is 76.6. The summed E-state index contributed by atoms with van der Waals surface area (Å²) in [6.45, 7) is 7.25. The highest BCUT2D eigenvalue weighted by Crippen LogP contribution is 2.45. The van der Waals surface area contributed by atoms with E-state index in [-0.39, 0.29) is 124 Å². The number of para-hydroxylation sites is 2. The van der Waals surface area contributed by atoms with Crippen LogP contribution in [0, 0.1) is 11.3 Å². The lowest BCUT2D eigenvalue weighted by molar-refractivity contribution is -0.143. The number of carboxylic acids is 3. The first-order valence-electron chi connectivity index (χ1n) is 34.0. The highest BCUT2D eigenvalue weighted by atomic mass is 33.1. The highest BCUT2D eigenvalue weighted by molar-refractivity contribution is 8.77. The van der Waals surface area contributed by atoms with Crippen molar-refractivity contribution >= 4 is 114 Å². The van der Waals surface area contributed by atoms with Crippen LogP contribution in [-0.4, -0.2) is 208 Å². The Morgan fingerprint density at radius 1 is 0.708 bits per heavy atom. The smallest absolute Gasteiger partial charge is 0.327 e. The minimum absolute atomic E-state index is 0.0542. The number of rotatable bonds is 40. The number of anilines is 5. The lowest BCUT2D eigenvalue weighted by atomic mass is 10.0. The maximum atomic E-state index is 14.6. The molecule has 9 rings (SSSR count). The summed E-state index contributed by atoms with van der Waals surface area (Å²) >= 11 is 0. The molecular formula is C71H89N11O21S3. The summed E-state index contributed by atoms with van der Waals surface area (Å²) in [5.74, 6) is -9.02. The van der Waals surface area contributed by atoms with Crippen molar-refractivity contribution in [2.45, 2.75) is 113 Å². The second kappa shape index (κ2) is 36.5. The van der Waals surface area contributed by atoms with E-state index in [1.807, 2.05) is 66.1 Å². The van der Waals surface area contributed by atoms with Crippen molar-refractivity contribution in [1.29, 1.82) is 5.41 Å². The first kappa shape index (κ1) is 80.3. The van der Waals surface area contributed by atoms with Crippen molar-refractivity contribution in [2.24, 2.45) is 11.7 Å². The van der Waals surface area contributed by atoms with Crippen molar-refractivity contribution in [3.8, 4) is 23.0 Å². The van der Waals surface area contributed by atoms with Gasteiger partial charge in [-0.25, -0.2) is 4.79 Å². The van der Waals surface area contributed by atoms with Gasteiger partial charge in [0.15, 0.2) is 34.3 Å². The van der Waals surface area contributed by atoms with Crippen molar-refractivity contribution < 1.29 is 99.8 Å². The Morgan fingerprint density at radius 3 is 1.87 bits per heavy atom. The lowest BCUT2D eigenvalue weighted by Crippen LogP contribution is -2.57. The molecule has 35 heteroatoms. The van der Waals surface area contributed by atoms with Crippen LogP contribution >= 0.6 is 21.6 Å². The number of nitrogens with one attached hydrogen (secondary N) is 7. The molecule has 5 aromatic carbocycles. The second-order valence-corrected chi connectivity index (χ2v) is 30.8. The Labute approximate surface area is 620 Å². The summed E-state index contributed by atoms with van der Waals surface area (Å²) in [4.78, 5) is 112. The number of carbonyl (C=O) groups is 8. The molecule has 0 aromatic heterocycles. The summed E-state index contributed by atoms with van der Waals surface area (Å²) in [7, 11) is 1.93. The normalized spacial score (nSPS) is 16.7. The third-order valence-electron chi connectivity index (χ3n) is 17.9. The Balaban J connectivity index is 0.991. The van der Waals surface area contributed by atoms with Gasteiger partial charge in [0, 0.05) is 78.9 Å². The van der Waals surface area contributed by atoms with Crippen LogP contribution in [0.2, 0.25) is 0 Å². The predicted octanol–water partition coefficient (Wildman–Crippen LogP) is 5.10. The second-order valence-electron chi connectivity index (χ2n) is 26.2. The lowest BCUT2D eigenvalue weighted by Gasteiger charge is -2.34. The number of benzene rings is 5. The van der Waals surface area contributed by atoms with Crippen LogP contribution in [-0.2, 0) is 79.2 Å². The average Bonchev–Trinajstić information content (AvgIpc) is 1.59. The van der Waals surface area contributed by atoms with Gasteiger partial charge in [-0.05, 0) is 104 Å². The van der Waals surface area contributed by atoms with Crippen LogP contribution in [0.3, 0.4) is 0 Å². The number of hydrogen-bond donors (Lipinski definition) is 12. The quantitative estimate of drug-likeness (QED) is 0.00797. The Morgan fingerprint density at radius 2 is 1.26 bits per heavy atom. The molecule has 0 bridgehead atoms. The van der Waals surface area contributed by atoms with E-state index in [4.69, 9.17) is 44.3 Å². The number of amides is 5. The van der Waals surface area contributed by atoms with Gasteiger partial charge in [0.05, 0.1) is 94.7 Å². The Hall–Kier alpha value is -9.78. The van der Waals surface area contributed by atoms with Gasteiger partial charge in [0.25, 0.3) is 21.9 Å². The third kappa shape index (κ3) is 20.8. The molecule has 1 unspecified atom stereocenters. The molecule has 0 saturated heterocycles. The molecular weight excluding hydrogens is 1440 g/mol. The van der Waals surface area contributed by atoms with Gasteiger partial charge in [-0.1, -0.05) is 64.9 Å². The van der Waals surface area contributed by atoms with E-state index in [1.165, 1.54) is 49.0 Å². The number of aliphatic carboxylic acids is 3. The zero-order valence-electron chi connectivity index (χ0n) is 59.3. The molecule has 4 aliphatic heterocycles. The summed E-state index contributed by atoms with van der Waals surface area (Å²) in [6.07, 6.45) is -0.800. The fraction of sp³-hybridized carbons (Fsp3) is 0.451. The van der Waals surface area contributed by atoms with Gasteiger partial charge in [-0.3, -0.25) is 43.5 Å². The SMILES string of the molecule is COCCOCCOCCN(CC(C)(C)SSC[C@@H](NC(=O)[C@@H](CC(=O)O)NC(=O)[C@@H](CCCNC(=N)N)NC(=O)[C@H](C)CC(=O)O)C(=O)O)c1cc(COc2cc3c(cc2OC)C(=O)N2c4ccccc4C[C@H]2CN3)cc(COc2cc3c(cc2OC)C(=O)N2c4ccccc4C[C@H]2C(S(=O)(=O)O)N3)c1. The van der Waals surface area contributed by atoms with Gasteiger partial charge in [-0.15, -0.1) is 0 Å². The van der Waals surface area contributed by atoms with E-state index in [9.17, 15) is 66.6 Å². The topological polar surface area (TPSA) is 448 Å². The summed E-state index contributed by atoms with van der Waals surface area (Å²) in [6, 6.07) is 20.6. The van der Waals surface area contributed by atoms with E-state index >= 15 is 0 Å². The van der Waals surface area contributed by atoms with Crippen molar-refractivity contribution in [3.05, 3.63) is 124 Å². The number of ether oxygens (including phenoxy) is 7. The van der Waals surface area contributed by atoms with E-state index in [0.717, 1.165) is 27.6 Å². The standard InChI is InChI=1S/C71H89N11O21S3/c1-40(24-61(83)84)63(87)76-49(14-11-17-74-70(72)73)64(88)77-52(34-62(85)86)65(89)78-53(69(92)93)38-104-105-71(2,3)39-80(18-19-100-22-23-101-21-20-97-4)45-26-41(36-102-59-32-50-47(30-57(59)98-5)67(90)81-46(35-75-50)28-43-12-7-9-15-54(43)81)25-42(27-45)37-103-60-33-51-48(31-58(60)99-6)68(91)82-55-16-10-8-13-44(55)29-56(82)66(79-51)106(94,95)96/h7-10,12-13,15-16,25-27,30-33,40,46,49,52-53,56,66,75,79H,11,14,17-24,28-29,34-39H2,1-6H3,(H,76,87)(H,77,88)(H,78,89)(H,83,84)(H,85,86)(H,92,93)(H4,72,73,74)(H,94,95,96)/t40-,46+,49-,52-,53-,56+,66?/m1/s1. The van der Waals surface area contributed by atoms with Gasteiger partial charge in [-0.2, -0.15) is 8.42 Å². The van der Waals surface area contributed by atoms with E-state index < -0.39 is 105 Å². The maximum absolute atomic E-state index is 14.6. The molecule has 32 nitrogen and oxygen atoms in total. The number of nitrogens with zero attached hydrogens (tertiary/aromatic N) is 3. The van der Waals surface area contributed by atoms with Crippen LogP contribution < -0.4 is 71.3 Å². The molecule has 4 aliphatic rings. The number of nitrogens with two attached hydrogens (primary N) is 1. The largest absolute Gasteiger partial charge is 0.493 e. The third-order valence-corrected chi connectivity index (χ3v) is 22.2. The maximum Gasteiger partial charge on any atom is 0.327 e. The van der Waals surface area contributed by atoms with Crippen LogP contribution in [0.25, 0.3) is 0 Å². The zero-order valence-corrected chi connectivity index (χ0v) is 61.8. The first-order chi connectivity index (χ1) is 50.6. The summed E-state index contributed by atoms with van der Waals surface area (Å²) in [5.41, 5.74) is 11.3. The molecule has 5 amide bonds. The highest BCUT2D eigenvalue weighted by Gasteiger charge is 2.48. The number of carbonyl (C=O) groups excluding carboxylic acids is 5. The Bertz CT molecular complexity index is 4190. The minimum atomic E-state index is -4.85. The van der Waals surface area contributed by atoms with Crippen molar-refractivity contribution in [3.63, 3.8) is 0 Å². The number of hydrogen-bond acceptors (Lipinski definition) is 23. The summed E-state index contributed by atoms with van der Waals surface area (Å²) in [5, 5.41) is 51.6. The molecule has 106 heavy (non-hydrogen) atoms. The Kier molecular flexibility index (Phi) is 27.6. The number of guanidine groups is 1. The molecule has 0 saturated carbocycles. The monoisotopic (exact) mass is 1530 g/mol. The fourth-order valence-corrected chi connectivity index (χ4v) is 16.4. The van der Waals surface area contributed by atoms with E-state index in [2.05, 4.69) is 31.9 Å². The first-order valence-corrected chi connectivity index (χ1v) is 37.9. The van der Waals surface area contributed by atoms with E-state index in [0.29, 0.717) is 65.7 Å². The van der Waals surface area contributed by atoms with Crippen LogP contribution in [0.1, 0.15) is 89.4 Å². The van der Waals surface area contributed by atoms with Crippen LogP contribution in [0.4, 0.5) is 28.4 Å². The fourth-order valence-electron chi connectivity index (χ4n) is 12.8.